The number of benzene rings is 1. The molecule has 7 heteroatoms. The van der Waals surface area contributed by atoms with Crippen molar-refractivity contribution in [2.45, 2.75) is 18.4 Å². The van der Waals surface area contributed by atoms with Gasteiger partial charge in [-0.3, -0.25) is 4.72 Å². The molecule has 0 heterocycles. The lowest BCUT2D eigenvalue weighted by molar-refractivity contribution is 0.193. The van der Waals surface area contributed by atoms with E-state index in [4.69, 9.17) is 5.11 Å². The van der Waals surface area contributed by atoms with Crippen molar-refractivity contribution in [1.29, 1.82) is 0 Å². The Balaban J connectivity index is 2.07. The maximum atomic E-state index is 11.1. The molecule has 1 aliphatic rings. The highest BCUT2D eigenvalue weighted by Gasteiger charge is 2.39. The summed E-state index contributed by atoms with van der Waals surface area (Å²) in [6, 6.07) is 6.93. The minimum Gasteiger partial charge on any atom is -0.465 e. The molecule has 0 unspecified atom stereocenters. The number of carboxylic acid groups (broad SMARTS) is 1. The summed E-state index contributed by atoms with van der Waals surface area (Å²) in [4.78, 5) is 10.5. The van der Waals surface area contributed by atoms with E-state index in [9.17, 15) is 13.2 Å². The van der Waals surface area contributed by atoms with Gasteiger partial charge in [-0.1, -0.05) is 12.1 Å². The first-order valence-electron chi connectivity index (χ1n) is 5.42. The third-order valence-corrected chi connectivity index (χ3v) is 3.32. The van der Waals surface area contributed by atoms with Gasteiger partial charge >= 0.3 is 6.09 Å². The molecule has 0 aliphatic heterocycles. The monoisotopic (exact) mass is 270 g/mol. The third-order valence-electron chi connectivity index (χ3n) is 2.72. The number of anilines is 1. The molecule has 1 amide bonds. The number of carbonyl (C=O) groups is 1. The van der Waals surface area contributed by atoms with Crippen LogP contribution in [0.5, 0.6) is 0 Å². The molecule has 1 aromatic carbocycles. The Hall–Kier alpha value is -1.76. The van der Waals surface area contributed by atoms with Crippen molar-refractivity contribution in [3.8, 4) is 0 Å². The van der Waals surface area contributed by atoms with Crippen molar-refractivity contribution in [2.75, 3.05) is 11.0 Å². The standard InChI is InChI=1S/C11H14N2O4S/c1-18(16,17)13-8-4-2-3-7(5-8)9-6-10(9)12-11(14)15/h2-5,9-10,12-13H,6H2,1H3,(H,14,15)/t9-,10+/m0/s1. The largest absolute Gasteiger partial charge is 0.465 e. The first kappa shape index (κ1) is 12.7. The van der Waals surface area contributed by atoms with Crippen LogP contribution in [0, 0.1) is 0 Å². The highest BCUT2D eigenvalue weighted by Crippen LogP contribution is 2.41. The molecule has 6 nitrogen and oxygen atoms in total. The van der Waals surface area contributed by atoms with Crippen LogP contribution >= 0.6 is 0 Å². The molecule has 0 radical (unpaired) electrons. The van der Waals surface area contributed by atoms with Gasteiger partial charge in [0, 0.05) is 17.6 Å². The number of hydrogen-bond donors (Lipinski definition) is 3. The smallest absolute Gasteiger partial charge is 0.404 e. The number of rotatable bonds is 4. The molecule has 3 N–H and O–H groups in total. The van der Waals surface area contributed by atoms with Crippen molar-refractivity contribution in [2.24, 2.45) is 0 Å². The van der Waals surface area contributed by atoms with Crippen LogP contribution in [0.3, 0.4) is 0 Å². The zero-order chi connectivity index (χ0) is 13.3. The maximum absolute atomic E-state index is 11.1. The zero-order valence-corrected chi connectivity index (χ0v) is 10.6. The van der Waals surface area contributed by atoms with Crippen molar-refractivity contribution < 1.29 is 18.3 Å². The topological polar surface area (TPSA) is 95.5 Å². The second-order valence-corrected chi connectivity index (χ2v) is 6.15. The minimum absolute atomic E-state index is 0.0732. The van der Waals surface area contributed by atoms with Crippen LogP contribution in [-0.2, 0) is 10.0 Å². The van der Waals surface area contributed by atoms with Gasteiger partial charge in [0.05, 0.1) is 6.26 Å². The molecule has 0 bridgehead atoms. The third kappa shape index (κ3) is 3.36. The summed E-state index contributed by atoms with van der Waals surface area (Å²) >= 11 is 0. The van der Waals surface area contributed by atoms with Gasteiger partial charge in [-0.2, -0.15) is 0 Å². The predicted molar refractivity (Wildman–Crippen MR) is 67.2 cm³/mol. The first-order valence-corrected chi connectivity index (χ1v) is 7.31. The summed E-state index contributed by atoms with van der Waals surface area (Å²) in [5.41, 5.74) is 1.43. The fourth-order valence-corrected chi connectivity index (χ4v) is 2.48. The van der Waals surface area contributed by atoms with Crippen LogP contribution in [0.25, 0.3) is 0 Å². The normalized spacial score (nSPS) is 22.3. The van der Waals surface area contributed by atoms with E-state index in [0.29, 0.717) is 5.69 Å². The Morgan fingerprint density at radius 3 is 2.78 bits per heavy atom. The molecule has 2 atom stereocenters. The molecule has 0 spiro atoms. The van der Waals surface area contributed by atoms with Gasteiger partial charge in [0.2, 0.25) is 10.0 Å². The Morgan fingerprint density at radius 1 is 1.44 bits per heavy atom. The van der Waals surface area contributed by atoms with E-state index in [0.717, 1.165) is 18.2 Å². The van der Waals surface area contributed by atoms with E-state index >= 15 is 0 Å². The number of amides is 1. The SMILES string of the molecule is CS(=O)(=O)Nc1cccc([C@@H]2C[C@H]2NC(=O)O)c1. The van der Waals surface area contributed by atoms with Crippen LogP contribution in [-0.4, -0.2) is 31.9 Å². The Morgan fingerprint density at radius 2 is 2.17 bits per heavy atom. The van der Waals surface area contributed by atoms with Crippen LogP contribution in [0.2, 0.25) is 0 Å². The number of nitrogens with one attached hydrogen (secondary N) is 2. The second-order valence-electron chi connectivity index (χ2n) is 4.40. The number of hydrogen-bond acceptors (Lipinski definition) is 3. The fourth-order valence-electron chi connectivity index (χ4n) is 1.93. The van der Waals surface area contributed by atoms with Gasteiger partial charge < -0.3 is 10.4 Å². The Bertz CT molecular complexity index is 570. The van der Waals surface area contributed by atoms with Crippen LogP contribution in [0.4, 0.5) is 10.5 Å². The van der Waals surface area contributed by atoms with Crippen molar-refractivity contribution in [3.05, 3.63) is 29.8 Å². The van der Waals surface area contributed by atoms with Gasteiger partial charge in [0.15, 0.2) is 0 Å². The summed E-state index contributed by atoms with van der Waals surface area (Å²) < 4.78 is 24.6. The Kier molecular flexibility index (Phi) is 3.16. The van der Waals surface area contributed by atoms with Crippen LogP contribution in [0.1, 0.15) is 17.9 Å². The molecular weight excluding hydrogens is 256 g/mol. The van der Waals surface area contributed by atoms with E-state index in [2.05, 4.69) is 10.0 Å². The van der Waals surface area contributed by atoms with Gasteiger partial charge in [-0.05, 0) is 24.1 Å². The summed E-state index contributed by atoms with van der Waals surface area (Å²) in [6.07, 6.45) is 0.799. The van der Waals surface area contributed by atoms with Gasteiger partial charge in [0.25, 0.3) is 0 Å². The van der Waals surface area contributed by atoms with Crippen LogP contribution in [0.15, 0.2) is 24.3 Å². The molecule has 1 aliphatic carbocycles. The summed E-state index contributed by atoms with van der Waals surface area (Å²) in [5.74, 6) is 0.127. The minimum atomic E-state index is -3.29. The molecule has 1 saturated carbocycles. The molecule has 98 valence electrons. The molecule has 18 heavy (non-hydrogen) atoms. The van der Waals surface area contributed by atoms with Gasteiger partial charge in [-0.25, -0.2) is 13.2 Å². The van der Waals surface area contributed by atoms with Crippen molar-refractivity contribution in [1.82, 2.24) is 5.32 Å². The molecule has 1 aromatic rings. The van der Waals surface area contributed by atoms with Gasteiger partial charge in [0.1, 0.15) is 0 Å². The molecule has 2 rings (SSSR count). The lowest BCUT2D eigenvalue weighted by Crippen LogP contribution is -2.24. The predicted octanol–water partition coefficient (Wildman–Crippen LogP) is 1.18. The highest BCUT2D eigenvalue weighted by molar-refractivity contribution is 7.92. The van der Waals surface area contributed by atoms with Crippen LogP contribution < -0.4 is 10.0 Å². The maximum Gasteiger partial charge on any atom is 0.404 e. The van der Waals surface area contributed by atoms with E-state index in [1.807, 2.05) is 6.07 Å². The average Bonchev–Trinajstić information content (AvgIpc) is 2.93. The lowest BCUT2D eigenvalue weighted by atomic mass is 10.1. The van der Waals surface area contributed by atoms with E-state index in [-0.39, 0.29) is 12.0 Å². The summed E-state index contributed by atoms with van der Waals surface area (Å²) in [7, 11) is -3.29. The first-order chi connectivity index (χ1) is 8.35. The Labute approximate surface area is 105 Å². The second kappa shape index (κ2) is 4.49. The molecule has 0 aromatic heterocycles. The van der Waals surface area contributed by atoms with Crippen molar-refractivity contribution >= 4 is 21.8 Å². The molecule has 1 fully saturated rings. The van der Waals surface area contributed by atoms with Crippen molar-refractivity contribution in [3.63, 3.8) is 0 Å². The fraction of sp³-hybridized carbons (Fsp3) is 0.364. The van der Waals surface area contributed by atoms with E-state index in [1.165, 1.54) is 0 Å². The summed E-state index contributed by atoms with van der Waals surface area (Å²) in [5, 5.41) is 11.0. The molecule has 0 saturated heterocycles. The molecular formula is C11H14N2O4S. The quantitative estimate of drug-likeness (QED) is 0.765. The number of sulfonamides is 1. The van der Waals surface area contributed by atoms with Gasteiger partial charge in [-0.15, -0.1) is 0 Å². The van der Waals surface area contributed by atoms with E-state index < -0.39 is 16.1 Å². The zero-order valence-electron chi connectivity index (χ0n) is 9.75. The highest BCUT2D eigenvalue weighted by atomic mass is 32.2. The summed E-state index contributed by atoms with van der Waals surface area (Å²) in [6.45, 7) is 0. The van der Waals surface area contributed by atoms with E-state index in [1.54, 1.807) is 18.2 Å². The lowest BCUT2D eigenvalue weighted by Gasteiger charge is -2.06. The average molecular weight is 270 g/mol.